The van der Waals surface area contributed by atoms with Crippen LogP contribution in [0, 0.1) is 0 Å². The predicted molar refractivity (Wildman–Crippen MR) is 125 cm³/mol. The number of fused-ring (bicyclic) bond motifs is 1. The maximum absolute atomic E-state index is 10.4. The number of piperidine rings is 1. The van der Waals surface area contributed by atoms with Crippen molar-refractivity contribution in [3.8, 4) is 5.75 Å². The van der Waals surface area contributed by atoms with Crippen LogP contribution in [0.2, 0.25) is 0 Å². The summed E-state index contributed by atoms with van der Waals surface area (Å²) in [7, 11) is 2.13. The van der Waals surface area contributed by atoms with Crippen LogP contribution in [-0.2, 0) is 13.1 Å². The van der Waals surface area contributed by atoms with E-state index in [0.29, 0.717) is 13.2 Å². The quantitative estimate of drug-likeness (QED) is 0.566. The molecule has 4 rings (SSSR count). The van der Waals surface area contributed by atoms with Gasteiger partial charge in [-0.25, -0.2) is 0 Å². The van der Waals surface area contributed by atoms with Gasteiger partial charge in [0.1, 0.15) is 18.5 Å². The third kappa shape index (κ3) is 6.03. The maximum Gasteiger partial charge on any atom is 0.123 e. The third-order valence-corrected chi connectivity index (χ3v) is 5.97. The molecule has 1 aliphatic rings. The minimum absolute atomic E-state index is 0.327. The summed E-state index contributed by atoms with van der Waals surface area (Å²) in [6.45, 7) is 4.81. The van der Waals surface area contributed by atoms with Gasteiger partial charge in [0.25, 0.3) is 0 Å². The Bertz CT molecular complexity index is 966. The lowest BCUT2D eigenvalue weighted by atomic mass is 10.1. The number of β-amino-alcohol motifs (C(OH)–C–C–N with tert-alkyl or cyclic N) is 1. The fourth-order valence-corrected chi connectivity index (χ4v) is 4.42. The van der Waals surface area contributed by atoms with Gasteiger partial charge >= 0.3 is 0 Å². The van der Waals surface area contributed by atoms with Crippen molar-refractivity contribution in [2.45, 2.75) is 38.5 Å². The fraction of sp³-hybridized carbons (Fsp3) is 0.423. The number of ether oxygens (including phenoxy) is 1. The smallest absolute Gasteiger partial charge is 0.123 e. The predicted octanol–water partition coefficient (Wildman–Crippen LogP) is 4.09. The Morgan fingerprint density at radius 2 is 1.77 bits per heavy atom. The van der Waals surface area contributed by atoms with E-state index in [-0.39, 0.29) is 0 Å². The van der Waals surface area contributed by atoms with Crippen molar-refractivity contribution in [1.29, 1.82) is 0 Å². The van der Waals surface area contributed by atoms with Crippen LogP contribution in [-0.4, -0.2) is 59.3 Å². The van der Waals surface area contributed by atoms with E-state index < -0.39 is 6.10 Å². The highest BCUT2D eigenvalue weighted by Crippen LogP contribution is 2.23. The van der Waals surface area contributed by atoms with Crippen molar-refractivity contribution >= 4 is 10.8 Å². The molecule has 2 heterocycles. The van der Waals surface area contributed by atoms with Crippen LogP contribution in [0.4, 0.5) is 0 Å². The van der Waals surface area contributed by atoms with Gasteiger partial charge in [-0.05, 0) is 56.1 Å². The van der Waals surface area contributed by atoms with Crippen LogP contribution in [0.5, 0.6) is 5.75 Å². The summed E-state index contributed by atoms with van der Waals surface area (Å²) in [5, 5.41) is 12.9. The highest BCUT2D eigenvalue weighted by atomic mass is 16.5. The molecule has 0 amide bonds. The summed E-state index contributed by atoms with van der Waals surface area (Å²) < 4.78 is 6.05. The van der Waals surface area contributed by atoms with Gasteiger partial charge in [0, 0.05) is 43.0 Å². The molecule has 3 aromatic rings. The first-order valence-electron chi connectivity index (χ1n) is 11.3. The first-order valence-corrected chi connectivity index (χ1v) is 11.3. The molecular formula is C26H33N3O2. The Hall–Kier alpha value is -2.47. The molecule has 0 saturated carbocycles. The van der Waals surface area contributed by atoms with Gasteiger partial charge in [-0.15, -0.1) is 0 Å². The van der Waals surface area contributed by atoms with Crippen molar-refractivity contribution in [2.75, 3.05) is 33.3 Å². The summed E-state index contributed by atoms with van der Waals surface area (Å²) in [5.41, 5.74) is 2.43. The number of aliphatic hydroxyl groups excluding tert-OH is 1. The van der Waals surface area contributed by atoms with Gasteiger partial charge in [0.2, 0.25) is 0 Å². The average molecular weight is 420 g/mol. The number of aromatic nitrogens is 1. The molecule has 164 valence electrons. The lowest BCUT2D eigenvalue weighted by molar-refractivity contribution is 0.0612. The first kappa shape index (κ1) is 21.8. The molecule has 1 fully saturated rings. The third-order valence-electron chi connectivity index (χ3n) is 5.97. The molecule has 2 aromatic carbocycles. The Kier molecular flexibility index (Phi) is 7.52. The van der Waals surface area contributed by atoms with Gasteiger partial charge < -0.3 is 14.7 Å². The average Bonchev–Trinajstić information content (AvgIpc) is 2.79. The van der Waals surface area contributed by atoms with Gasteiger partial charge in [0.05, 0.1) is 0 Å². The molecule has 31 heavy (non-hydrogen) atoms. The minimum Gasteiger partial charge on any atom is -0.491 e. The number of pyridine rings is 1. The molecule has 1 saturated heterocycles. The summed E-state index contributed by atoms with van der Waals surface area (Å²) >= 11 is 0. The molecule has 1 aliphatic heterocycles. The minimum atomic E-state index is -0.465. The Morgan fingerprint density at radius 1 is 1.00 bits per heavy atom. The van der Waals surface area contributed by atoms with Gasteiger partial charge in [-0.2, -0.15) is 0 Å². The highest BCUT2D eigenvalue weighted by Gasteiger charge is 2.16. The standard InChI is InChI=1S/C26H33N3O2/c1-28(17-22-10-7-9-21-16-27-13-12-25(21)22)18-23-8-3-4-11-26(23)31-20-24(30)19-29-14-5-2-6-15-29/h3-4,7-13,16,24,30H,2,5-6,14-15,17-20H2,1H3/t24-/m1/s1. The van der Waals surface area contributed by atoms with Crippen molar-refractivity contribution in [3.05, 3.63) is 72.1 Å². The normalized spacial score (nSPS) is 16.0. The molecule has 1 aromatic heterocycles. The number of aliphatic hydroxyl groups is 1. The van der Waals surface area contributed by atoms with Crippen molar-refractivity contribution < 1.29 is 9.84 Å². The van der Waals surface area contributed by atoms with Crippen LogP contribution in [0.3, 0.4) is 0 Å². The molecule has 0 radical (unpaired) electrons. The van der Waals surface area contributed by atoms with Crippen molar-refractivity contribution in [2.24, 2.45) is 0 Å². The molecule has 1 N–H and O–H groups in total. The second-order valence-electron chi connectivity index (χ2n) is 8.62. The van der Waals surface area contributed by atoms with Crippen LogP contribution >= 0.6 is 0 Å². The Balaban J connectivity index is 1.35. The molecule has 1 atom stereocenters. The van der Waals surface area contributed by atoms with Gasteiger partial charge in [0.15, 0.2) is 0 Å². The SMILES string of the molecule is CN(Cc1ccccc1OC[C@H](O)CN1CCCCC1)Cc1cccc2cnccc12. The summed E-state index contributed by atoms with van der Waals surface area (Å²) in [5.74, 6) is 0.856. The number of benzene rings is 2. The molecule has 5 nitrogen and oxygen atoms in total. The first-order chi connectivity index (χ1) is 15.2. The van der Waals surface area contributed by atoms with E-state index in [1.807, 2.05) is 30.6 Å². The topological polar surface area (TPSA) is 48.8 Å². The van der Waals surface area contributed by atoms with Crippen LogP contribution in [0.15, 0.2) is 60.9 Å². The maximum atomic E-state index is 10.4. The second-order valence-corrected chi connectivity index (χ2v) is 8.62. The summed E-state index contributed by atoms with van der Waals surface area (Å²) in [6.07, 6.45) is 7.07. The van der Waals surface area contributed by atoms with Crippen LogP contribution in [0.25, 0.3) is 10.8 Å². The summed E-state index contributed by atoms with van der Waals surface area (Å²) in [6, 6.07) is 16.6. The zero-order valence-corrected chi connectivity index (χ0v) is 18.4. The molecule has 5 heteroatoms. The second kappa shape index (κ2) is 10.7. The van der Waals surface area contributed by atoms with E-state index in [9.17, 15) is 5.11 Å². The van der Waals surface area contributed by atoms with E-state index >= 15 is 0 Å². The number of rotatable bonds is 9. The molecule has 0 unspecified atom stereocenters. The number of nitrogens with zero attached hydrogens (tertiary/aromatic N) is 3. The van der Waals surface area contributed by atoms with Crippen LogP contribution < -0.4 is 4.74 Å². The van der Waals surface area contributed by atoms with E-state index in [4.69, 9.17) is 4.74 Å². The van der Waals surface area contributed by atoms with Crippen molar-refractivity contribution in [3.63, 3.8) is 0 Å². The fourth-order valence-electron chi connectivity index (χ4n) is 4.42. The molecular weight excluding hydrogens is 386 g/mol. The van der Waals surface area contributed by atoms with Gasteiger partial charge in [-0.3, -0.25) is 9.88 Å². The van der Waals surface area contributed by atoms with E-state index in [1.165, 1.54) is 35.6 Å². The monoisotopic (exact) mass is 419 g/mol. The van der Waals surface area contributed by atoms with Crippen molar-refractivity contribution in [1.82, 2.24) is 14.8 Å². The summed E-state index contributed by atoms with van der Waals surface area (Å²) in [4.78, 5) is 8.87. The zero-order valence-electron chi connectivity index (χ0n) is 18.4. The van der Waals surface area contributed by atoms with E-state index in [1.54, 1.807) is 0 Å². The molecule has 0 aliphatic carbocycles. The highest BCUT2D eigenvalue weighted by molar-refractivity contribution is 5.84. The zero-order chi connectivity index (χ0) is 21.5. The molecule has 0 spiro atoms. The lowest BCUT2D eigenvalue weighted by Gasteiger charge is -2.28. The Morgan fingerprint density at radius 3 is 2.65 bits per heavy atom. The largest absolute Gasteiger partial charge is 0.491 e. The Labute approximate surface area is 185 Å². The number of hydrogen-bond donors (Lipinski definition) is 1. The number of para-hydroxylation sites is 1. The number of likely N-dealkylation sites (tertiary alicyclic amines) is 1. The van der Waals surface area contributed by atoms with Crippen LogP contribution in [0.1, 0.15) is 30.4 Å². The molecule has 0 bridgehead atoms. The van der Waals surface area contributed by atoms with Gasteiger partial charge in [-0.1, -0.05) is 42.8 Å². The lowest BCUT2D eigenvalue weighted by Crippen LogP contribution is -2.38. The number of hydrogen-bond acceptors (Lipinski definition) is 5. The van der Waals surface area contributed by atoms with E-state index in [2.05, 4.69) is 52.2 Å². The van der Waals surface area contributed by atoms with E-state index in [0.717, 1.165) is 37.5 Å².